The van der Waals surface area contributed by atoms with Crippen molar-refractivity contribution in [1.29, 1.82) is 0 Å². The molecule has 3 aromatic heterocycles. The van der Waals surface area contributed by atoms with Gasteiger partial charge in [0.25, 0.3) is 0 Å². The van der Waals surface area contributed by atoms with Gasteiger partial charge in [-0.3, -0.25) is 0 Å². The lowest BCUT2D eigenvalue weighted by Gasteiger charge is -2.08. The van der Waals surface area contributed by atoms with E-state index in [4.69, 9.17) is 19.4 Å². The lowest BCUT2D eigenvalue weighted by Crippen LogP contribution is -1.90. The van der Waals surface area contributed by atoms with Gasteiger partial charge < -0.3 is 19.4 Å². The lowest BCUT2D eigenvalue weighted by atomic mass is 10.0. The summed E-state index contributed by atoms with van der Waals surface area (Å²) in [6, 6.07) is 41.6. The summed E-state index contributed by atoms with van der Waals surface area (Å²) in [5, 5.41) is 0. The number of hydrogen-bond donors (Lipinski definition) is 2. The third-order valence-electron chi connectivity index (χ3n) is 9.78. The van der Waals surface area contributed by atoms with Crippen molar-refractivity contribution < 1.29 is 9.47 Å². The van der Waals surface area contributed by atoms with Crippen LogP contribution in [0.15, 0.2) is 130 Å². The van der Waals surface area contributed by atoms with Crippen molar-refractivity contribution in [3.63, 3.8) is 0 Å². The average Bonchev–Trinajstić information content (AvgIpc) is 4.05. The molecule has 2 N–H and O–H groups in total. The van der Waals surface area contributed by atoms with Crippen LogP contribution in [0.4, 0.5) is 0 Å². The van der Waals surface area contributed by atoms with Crippen LogP contribution in [0.2, 0.25) is 0 Å². The molecule has 2 aliphatic rings. The van der Waals surface area contributed by atoms with E-state index in [-0.39, 0.29) is 0 Å². The highest BCUT2D eigenvalue weighted by molar-refractivity contribution is 9.10. The van der Waals surface area contributed by atoms with Gasteiger partial charge in [-0.1, -0.05) is 80.4 Å². The van der Waals surface area contributed by atoms with E-state index in [0.29, 0.717) is 0 Å². The number of H-pyrrole nitrogens is 2. The molecule has 0 spiro atoms. The summed E-state index contributed by atoms with van der Waals surface area (Å²) in [7, 11) is 3.37. The molecule has 4 aromatic carbocycles. The van der Waals surface area contributed by atoms with Crippen LogP contribution >= 0.6 is 31.9 Å². The van der Waals surface area contributed by atoms with E-state index >= 15 is 0 Å². The third kappa shape index (κ3) is 6.27. The van der Waals surface area contributed by atoms with Crippen LogP contribution in [0.3, 0.4) is 0 Å². The molecular weight excluding hydrogens is 800 g/mol. The Hall–Kier alpha value is -5.96. The smallest absolute Gasteiger partial charge is 0.118 e. The van der Waals surface area contributed by atoms with Crippen LogP contribution < -0.4 is 9.47 Å². The zero-order valence-corrected chi connectivity index (χ0v) is 32.5. The molecule has 8 heteroatoms. The Morgan fingerprint density at radius 2 is 0.630 bits per heavy atom. The first-order valence-electron chi connectivity index (χ1n) is 17.4. The van der Waals surface area contributed by atoms with Crippen LogP contribution in [0.5, 0.6) is 11.5 Å². The number of hydrogen-bond acceptors (Lipinski definition) is 4. The minimum atomic E-state index is 0.791. The maximum Gasteiger partial charge on any atom is 0.118 e. The molecule has 5 heterocycles. The van der Waals surface area contributed by atoms with Gasteiger partial charge in [-0.25, -0.2) is 9.97 Å². The molecule has 0 fully saturated rings. The number of halogens is 2. The minimum Gasteiger partial charge on any atom is -0.497 e. The summed E-state index contributed by atoms with van der Waals surface area (Å²) in [6.07, 6.45) is 8.43. The van der Waals surface area contributed by atoms with Gasteiger partial charge in [0.15, 0.2) is 0 Å². The fourth-order valence-electron chi connectivity index (χ4n) is 7.17. The summed E-state index contributed by atoms with van der Waals surface area (Å²) in [6.45, 7) is 0. The SMILES string of the molecule is COc1ccc(-c2c3nc(c(-c4ccc(Br)cc4)c4ccc([nH]4)c(-c4ccc(OC)cc4)c4nc(c(-c5ccc(Br)cc5)c5ccc2[nH]5)C=C4)C=C3)cc1. The molecule has 0 saturated carbocycles. The van der Waals surface area contributed by atoms with Crippen LogP contribution in [0, 0.1) is 0 Å². The molecule has 8 bridgehead atoms. The fourth-order valence-corrected chi connectivity index (χ4v) is 7.70. The maximum atomic E-state index is 5.53. The molecule has 9 rings (SSSR count). The highest BCUT2D eigenvalue weighted by atomic mass is 79.9. The monoisotopic (exact) mass is 830 g/mol. The van der Waals surface area contributed by atoms with E-state index in [1.807, 2.05) is 24.3 Å². The largest absolute Gasteiger partial charge is 0.497 e. The molecule has 2 aliphatic heterocycles. The number of nitrogens with zero attached hydrogens (tertiary/aromatic N) is 2. The van der Waals surface area contributed by atoms with Gasteiger partial charge in [0.2, 0.25) is 0 Å². The van der Waals surface area contributed by atoms with Crippen LogP contribution in [-0.2, 0) is 0 Å². The number of aromatic amines is 2. The Kier molecular flexibility index (Phi) is 8.85. The minimum absolute atomic E-state index is 0.791. The molecule has 0 amide bonds. The Labute approximate surface area is 329 Å². The van der Waals surface area contributed by atoms with Crippen molar-refractivity contribution in [2.45, 2.75) is 0 Å². The molecule has 0 unspecified atom stereocenters. The van der Waals surface area contributed by atoms with E-state index in [0.717, 1.165) is 110 Å². The number of rotatable bonds is 6. The predicted octanol–water partition coefficient (Wildman–Crippen LogP) is 12.9. The molecule has 262 valence electrons. The first-order valence-corrected chi connectivity index (χ1v) is 19.0. The summed E-state index contributed by atoms with van der Waals surface area (Å²) < 4.78 is 13.1. The number of aromatic nitrogens is 4. The van der Waals surface area contributed by atoms with E-state index in [1.165, 1.54) is 0 Å². The average molecular weight is 833 g/mol. The van der Waals surface area contributed by atoms with Crippen molar-refractivity contribution in [3.8, 4) is 56.0 Å². The summed E-state index contributed by atoms with van der Waals surface area (Å²) in [5.41, 5.74) is 15.2. The zero-order chi connectivity index (χ0) is 36.8. The quantitative estimate of drug-likeness (QED) is 0.175. The van der Waals surface area contributed by atoms with Gasteiger partial charge in [-0.2, -0.15) is 0 Å². The van der Waals surface area contributed by atoms with Gasteiger partial charge in [-0.05, 0) is 119 Å². The standard InChI is InChI=1S/C46H32Br2N4O2/c1-53-33-15-7-29(8-16-33)45-39-23-19-35(49-39)43(27-3-11-31(47)12-4-27)37-21-25-41(51-37)46(30-9-17-34(54-2)18-10-30)42-26-22-38(52-42)44(36-20-24-40(45)50-36)28-5-13-32(48)14-6-28/h3-26,49,52H,1-2H3. The molecule has 0 atom stereocenters. The zero-order valence-electron chi connectivity index (χ0n) is 29.3. The number of ether oxygens (including phenoxy) is 2. The van der Waals surface area contributed by atoms with Gasteiger partial charge in [-0.15, -0.1) is 0 Å². The summed E-state index contributed by atoms with van der Waals surface area (Å²) >= 11 is 7.26. The normalized spacial score (nSPS) is 11.9. The van der Waals surface area contributed by atoms with E-state index in [2.05, 4.69) is 163 Å². The van der Waals surface area contributed by atoms with E-state index in [1.54, 1.807) is 14.2 Å². The molecule has 0 saturated heterocycles. The third-order valence-corrected chi connectivity index (χ3v) is 10.8. The van der Waals surface area contributed by atoms with Crippen molar-refractivity contribution in [3.05, 3.63) is 153 Å². The van der Waals surface area contributed by atoms with Gasteiger partial charge in [0, 0.05) is 53.3 Å². The van der Waals surface area contributed by atoms with Gasteiger partial charge >= 0.3 is 0 Å². The topological polar surface area (TPSA) is 75.8 Å². The highest BCUT2D eigenvalue weighted by Crippen LogP contribution is 2.39. The molecule has 54 heavy (non-hydrogen) atoms. The van der Waals surface area contributed by atoms with E-state index < -0.39 is 0 Å². The fraction of sp³-hybridized carbons (Fsp3) is 0.0435. The second kappa shape index (κ2) is 14.1. The Morgan fingerprint density at radius 1 is 0.370 bits per heavy atom. The van der Waals surface area contributed by atoms with Gasteiger partial charge in [0.1, 0.15) is 11.5 Å². The highest BCUT2D eigenvalue weighted by Gasteiger charge is 2.19. The second-order valence-corrected chi connectivity index (χ2v) is 14.8. The Balaban J connectivity index is 1.45. The van der Waals surface area contributed by atoms with Crippen LogP contribution in [-0.4, -0.2) is 34.2 Å². The second-order valence-electron chi connectivity index (χ2n) is 13.0. The number of fused-ring (bicyclic) bond motifs is 8. The molecular formula is C46H32Br2N4O2. The lowest BCUT2D eigenvalue weighted by molar-refractivity contribution is 0.415. The Morgan fingerprint density at radius 3 is 0.889 bits per heavy atom. The number of benzene rings is 4. The van der Waals surface area contributed by atoms with Crippen molar-refractivity contribution in [2.24, 2.45) is 0 Å². The number of nitrogens with one attached hydrogen (secondary N) is 2. The maximum absolute atomic E-state index is 5.53. The first kappa shape index (κ1) is 33.8. The summed E-state index contributed by atoms with van der Waals surface area (Å²) in [4.78, 5) is 18.4. The number of methoxy groups -OCH3 is 2. The van der Waals surface area contributed by atoms with Crippen molar-refractivity contribution in [2.75, 3.05) is 14.2 Å². The first-order chi connectivity index (χ1) is 26.4. The Bertz CT molecular complexity index is 2590. The summed E-state index contributed by atoms with van der Waals surface area (Å²) in [5.74, 6) is 1.58. The van der Waals surface area contributed by atoms with Crippen LogP contribution in [0.1, 0.15) is 22.8 Å². The van der Waals surface area contributed by atoms with Crippen molar-refractivity contribution >= 4 is 78.2 Å². The molecule has 0 aliphatic carbocycles. The van der Waals surface area contributed by atoms with E-state index in [9.17, 15) is 0 Å². The molecule has 6 nitrogen and oxygen atoms in total. The molecule has 0 radical (unpaired) electrons. The van der Waals surface area contributed by atoms with Crippen LogP contribution in [0.25, 0.3) is 90.9 Å². The van der Waals surface area contributed by atoms with Gasteiger partial charge in [0.05, 0.1) is 37.0 Å². The predicted molar refractivity (Wildman–Crippen MR) is 229 cm³/mol. The van der Waals surface area contributed by atoms with Crippen molar-refractivity contribution in [1.82, 2.24) is 19.9 Å². The molecule has 7 aromatic rings.